The van der Waals surface area contributed by atoms with Gasteiger partial charge < -0.3 is 4.90 Å². The molecule has 7 heteroatoms. The normalized spacial score (nSPS) is 14.3. The first kappa shape index (κ1) is 13.1. The zero-order valence-corrected chi connectivity index (χ0v) is 10.8. The second kappa shape index (κ2) is 4.94. The largest absolute Gasteiger partial charge is 0.308 e. The van der Waals surface area contributed by atoms with Crippen LogP contribution in [0.25, 0.3) is 0 Å². The Hall–Kier alpha value is -0.920. The van der Waals surface area contributed by atoms with Crippen LogP contribution in [0.4, 0.5) is 0 Å². The van der Waals surface area contributed by atoms with Crippen LogP contribution < -0.4 is 4.72 Å². The zero-order chi connectivity index (χ0) is 12.3. The highest BCUT2D eigenvalue weighted by Crippen LogP contribution is 2.11. The van der Waals surface area contributed by atoms with Gasteiger partial charge in [-0.2, -0.15) is 5.10 Å². The van der Waals surface area contributed by atoms with E-state index in [1.807, 2.05) is 25.9 Å². The molecule has 0 aliphatic carbocycles. The van der Waals surface area contributed by atoms with Crippen molar-refractivity contribution in [1.82, 2.24) is 19.8 Å². The van der Waals surface area contributed by atoms with E-state index < -0.39 is 10.0 Å². The van der Waals surface area contributed by atoms with Crippen molar-refractivity contribution in [2.24, 2.45) is 0 Å². The molecule has 1 atom stereocenters. The third kappa shape index (κ3) is 3.29. The SMILES string of the molecule is Cc1[nH]ncc1S(=O)(=O)NC(C)CN(C)C. The van der Waals surface area contributed by atoms with Crippen LogP contribution in [0.2, 0.25) is 0 Å². The molecule has 1 aromatic rings. The minimum atomic E-state index is -3.46. The van der Waals surface area contributed by atoms with Gasteiger partial charge in [0.15, 0.2) is 0 Å². The molecule has 0 saturated carbocycles. The van der Waals surface area contributed by atoms with Crippen LogP contribution in [-0.2, 0) is 10.0 Å². The molecule has 0 bridgehead atoms. The Morgan fingerprint density at radius 1 is 1.56 bits per heavy atom. The van der Waals surface area contributed by atoms with Crippen molar-refractivity contribution in [2.75, 3.05) is 20.6 Å². The van der Waals surface area contributed by atoms with E-state index in [2.05, 4.69) is 14.9 Å². The summed E-state index contributed by atoms with van der Waals surface area (Å²) in [5.41, 5.74) is 0.546. The lowest BCUT2D eigenvalue weighted by atomic mass is 10.3. The van der Waals surface area contributed by atoms with E-state index in [0.717, 1.165) is 0 Å². The number of aromatic amines is 1. The van der Waals surface area contributed by atoms with Crippen LogP contribution in [0.15, 0.2) is 11.1 Å². The van der Waals surface area contributed by atoms with Gasteiger partial charge in [0.05, 0.1) is 11.9 Å². The fourth-order valence-electron chi connectivity index (χ4n) is 1.52. The highest BCUT2D eigenvalue weighted by atomic mass is 32.2. The van der Waals surface area contributed by atoms with Crippen molar-refractivity contribution >= 4 is 10.0 Å². The number of aromatic nitrogens is 2. The molecule has 2 N–H and O–H groups in total. The summed E-state index contributed by atoms with van der Waals surface area (Å²) in [6, 6.07) is -0.144. The summed E-state index contributed by atoms with van der Waals surface area (Å²) in [5, 5.41) is 6.31. The first-order valence-corrected chi connectivity index (χ1v) is 6.48. The van der Waals surface area contributed by atoms with Gasteiger partial charge in [-0.1, -0.05) is 0 Å². The molecule has 1 heterocycles. The number of hydrogen-bond donors (Lipinski definition) is 2. The van der Waals surface area contributed by atoms with Crippen molar-refractivity contribution in [2.45, 2.75) is 24.8 Å². The van der Waals surface area contributed by atoms with Gasteiger partial charge in [-0.05, 0) is 27.9 Å². The molecule has 0 aliphatic heterocycles. The standard InChI is InChI=1S/C9H18N4O2S/c1-7(6-13(3)4)12-16(14,15)9-5-10-11-8(9)2/h5,7,12H,6H2,1-4H3,(H,10,11). The summed E-state index contributed by atoms with van der Waals surface area (Å²) >= 11 is 0. The van der Waals surface area contributed by atoms with Gasteiger partial charge in [0.25, 0.3) is 0 Å². The van der Waals surface area contributed by atoms with E-state index in [1.54, 1.807) is 6.92 Å². The van der Waals surface area contributed by atoms with E-state index in [1.165, 1.54) is 6.20 Å². The molecule has 0 aliphatic rings. The van der Waals surface area contributed by atoms with Gasteiger partial charge in [-0.15, -0.1) is 0 Å². The number of rotatable bonds is 5. The van der Waals surface area contributed by atoms with E-state index in [4.69, 9.17) is 0 Å². The van der Waals surface area contributed by atoms with E-state index in [-0.39, 0.29) is 10.9 Å². The minimum absolute atomic E-state index is 0.144. The van der Waals surface area contributed by atoms with Crippen molar-refractivity contribution in [3.8, 4) is 0 Å². The smallest absolute Gasteiger partial charge is 0.244 e. The number of likely N-dealkylation sites (N-methyl/N-ethyl adjacent to an activating group) is 1. The number of nitrogens with zero attached hydrogens (tertiary/aromatic N) is 2. The number of nitrogens with one attached hydrogen (secondary N) is 2. The Morgan fingerprint density at radius 2 is 2.19 bits per heavy atom. The van der Waals surface area contributed by atoms with Crippen LogP contribution in [0.1, 0.15) is 12.6 Å². The molecule has 0 fully saturated rings. The van der Waals surface area contributed by atoms with Crippen LogP contribution >= 0.6 is 0 Å². The molecule has 0 radical (unpaired) electrons. The zero-order valence-electron chi connectivity index (χ0n) is 9.98. The average Bonchev–Trinajstić information content (AvgIpc) is 2.48. The number of aryl methyl sites for hydroxylation is 1. The Labute approximate surface area is 96.1 Å². The van der Waals surface area contributed by atoms with E-state index in [9.17, 15) is 8.42 Å². The van der Waals surface area contributed by atoms with Gasteiger partial charge >= 0.3 is 0 Å². The van der Waals surface area contributed by atoms with Gasteiger partial charge in [-0.3, -0.25) is 5.10 Å². The summed E-state index contributed by atoms with van der Waals surface area (Å²) in [6.45, 7) is 4.15. The van der Waals surface area contributed by atoms with Crippen LogP contribution in [0.3, 0.4) is 0 Å². The quantitative estimate of drug-likeness (QED) is 0.763. The third-order valence-electron chi connectivity index (χ3n) is 2.07. The minimum Gasteiger partial charge on any atom is -0.308 e. The lowest BCUT2D eigenvalue weighted by molar-refractivity contribution is 0.370. The lowest BCUT2D eigenvalue weighted by Crippen LogP contribution is -2.39. The average molecular weight is 246 g/mol. The molecule has 0 saturated heterocycles. The molecule has 16 heavy (non-hydrogen) atoms. The van der Waals surface area contributed by atoms with Gasteiger partial charge in [0, 0.05) is 12.6 Å². The fraction of sp³-hybridized carbons (Fsp3) is 0.667. The second-order valence-electron chi connectivity index (χ2n) is 4.14. The van der Waals surface area contributed by atoms with E-state index >= 15 is 0 Å². The fourth-order valence-corrected chi connectivity index (χ4v) is 2.90. The highest BCUT2D eigenvalue weighted by Gasteiger charge is 2.20. The maximum atomic E-state index is 11.9. The van der Waals surface area contributed by atoms with Gasteiger partial charge in [-0.25, -0.2) is 13.1 Å². The molecule has 6 nitrogen and oxygen atoms in total. The summed E-state index contributed by atoms with van der Waals surface area (Å²) in [6.07, 6.45) is 1.32. The lowest BCUT2D eigenvalue weighted by Gasteiger charge is -2.17. The van der Waals surface area contributed by atoms with Gasteiger partial charge in [0.2, 0.25) is 10.0 Å². The van der Waals surface area contributed by atoms with Crippen molar-refractivity contribution < 1.29 is 8.42 Å². The van der Waals surface area contributed by atoms with Crippen molar-refractivity contribution in [3.05, 3.63) is 11.9 Å². The van der Waals surface area contributed by atoms with Crippen molar-refractivity contribution in [1.29, 1.82) is 0 Å². The number of H-pyrrole nitrogens is 1. The molecule has 1 unspecified atom stereocenters. The Bertz CT molecular complexity index is 438. The molecule has 0 amide bonds. The third-order valence-corrected chi connectivity index (χ3v) is 3.77. The maximum Gasteiger partial charge on any atom is 0.244 e. The van der Waals surface area contributed by atoms with Crippen LogP contribution in [-0.4, -0.2) is 50.2 Å². The molecule has 92 valence electrons. The topological polar surface area (TPSA) is 78.1 Å². The van der Waals surface area contributed by atoms with Crippen LogP contribution in [0, 0.1) is 6.92 Å². The first-order valence-electron chi connectivity index (χ1n) is 5.00. The van der Waals surface area contributed by atoms with Crippen LogP contribution in [0.5, 0.6) is 0 Å². The summed E-state index contributed by atoms with van der Waals surface area (Å²) in [5.74, 6) is 0. The molecular weight excluding hydrogens is 228 g/mol. The Balaban J connectivity index is 2.77. The molecule has 1 aromatic heterocycles. The monoisotopic (exact) mass is 246 g/mol. The predicted molar refractivity (Wildman–Crippen MR) is 61.7 cm³/mol. The molecule has 1 rings (SSSR count). The highest BCUT2D eigenvalue weighted by molar-refractivity contribution is 7.89. The van der Waals surface area contributed by atoms with E-state index in [0.29, 0.717) is 12.2 Å². The molecule has 0 aromatic carbocycles. The Morgan fingerprint density at radius 3 is 2.62 bits per heavy atom. The summed E-state index contributed by atoms with van der Waals surface area (Å²) in [7, 11) is 0.331. The number of hydrogen-bond acceptors (Lipinski definition) is 4. The maximum absolute atomic E-state index is 11.9. The van der Waals surface area contributed by atoms with Gasteiger partial charge in [0.1, 0.15) is 4.90 Å². The van der Waals surface area contributed by atoms with Crippen molar-refractivity contribution in [3.63, 3.8) is 0 Å². The summed E-state index contributed by atoms with van der Waals surface area (Å²) < 4.78 is 26.4. The predicted octanol–water partition coefficient (Wildman–Crippen LogP) is -0.0535. The number of sulfonamides is 1. The molecule has 0 spiro atoms. The first-order chi connectivity index (χ1) is 7.33. The summed E-state index contributed by atoms with van der Waals surface area (Å²) in [4.78, 5) is 2.13. The molecular formula is C9H18N4O2S. The Kier molecular flexibility index (Phi) is 4.06. The second-order valence-corrected chi connectivity index (χ2v) is 5.83.